The van der Waals surface area contributed by atoms with Crippen LogP contribution in [0, 0.1) is 11.8 Å². The second-order valence-corrected chi connectivity index (χ2v) is 4.18. The molecule has 0 aliphatic rings. The zero-order valence-corrected chi connectivity index (χ0v) is 10.6. The summed E-state index contributed by atoms with van der Waals surface area (Å²) in [7, 11) is 0. The van der Waals surface area contributed by atoms with Crippen molar-refractivity contribution in [2.75, 3.05) is 12.3 Å². The summed E-state index contributed by atoms with van der Waals surface area (Å²) in [6.07, 6.45) is 0.617. The van der Waals surface area contributed by atoms with Gasteiger partial charge in [-0.15, -0.1) is 0 Å². The summed E-state index contributed by atoms with van der Waals surface area (Å²) in [5.41, 5.74) is 7.22. The number of anilines is 1. The van der Waals surface area contributed by atoms with Gasteiger partial charge >= 0.3 is 0 Å². The van der Waals surface area contributed by atoms with E-state index in [1.807, 2.05) is 18.2 Å². The minimum Gasteiger partial charge on any atom is -0.398 e. The van der Waals surface area contributed by atoms with E-state index >= 15 is 0 Å². The fourth-order valence-corrected chi connectivity index (χ4v) is 1.46. The first-order chi connectivity index (χ1) is 7.59. The first kappa shape index (κ1) is 12.6. The molecule has 0 atom stereocenters. The number of rotatable bonds is 2. The van der Waals surface area contributed by atoms with Crippen LogP contribution in [0.25, 0.3) is 0 Å². The summed E-state index contributed by atoms with van der Waals surface area (Å²) in [6, 6.07) is 5.56. The SMILES string of the molecule is CC(=O)NCCC#Cc1cc(Br)ccc1N. The molecular formula is C12H13BrN2O. The van der Waals surface area contributed by atoms with Crippen LogP contribution in [0.3, 0.4) is 0 Å². The van der Waals surface area contributed by atoms with Crippen molar-refractivity contribution in [3.8, 4) is 11.8 Å². The molecular weight excluding hydrogens is 268 g/mol. The van der Waals surface area contributed by atoms with Crippen molar-refractivity contribution in [1.82, 2.24) is 5.32 Å². The molecule has 1 rings (SSSR count). The number of hydrogen-bond acceptors (Lipinski definition) is 2. The predicted molar refractivity (Wildman–Crippen MR) is 68.7 cm³/mol. The molecule has 0 aliphatic heterocycles. The third-order valence-electron chi connectivity index (χ3n) is 1.86. The van der Waals surface area contributed by atoms with E-state index in [2.05, 4.69) is 33.1 Å². The molecule has 1 amide bonds. The quantitative estimate of drug-likeness (QED) is 0.494. The Bertz CT molecular complexity index is 446. The van der Waals surface area contributed by atoms with Crippen LogP contribution in [0.1, 0.15) is 18.9 Å². The second-order valence-electron chi connectivity index (χ2n) is 3.27. The van der Waals surface area contributed by atoms with E-state index in [0.29, 0.717) is 18.7 Å². The van der Waals surface area contributed by atoms with Crippen molar-refractivity contribution >= 4 is 27.5 Å². The maximum atomic E-state index is 10.6. The Morgan fingerprint density at radius 2 is 2.31 bits per heavy atom. The smallest absolute Gasteiger partial charge is 0.216 e. The molecule has 1 aromatic rings. The van der Waals surface area contributed by atoms with Gasteiger partial charge in [-0.25, -0.2) is 0 Å². The molecule has 16 heavy (non-hydrogen) atoms. The van der Waals surface area contributed by atoms with Crippen molar-refractivity contribution in [3.05, 3.63) is 28.2 Å². The lowest BCUT2D eigenvalue weighted by molar-refractivity contribution is -0.118. The number of carbonyl (C=O) groups excluding carboxylic acids is 1. The number of benzene rings is 1. The van der Waals surface area contributed by atoms with Crippen molar-refractivity contribution in [2.45, 2.75) is 13.3 Å². The zero-order valence-electron chi connectivity index (χ0n) is 9.01. The van der Waals surface area contributed by atoms with Gasteiger partial charge in [0.2, 0.25) is 5.91 Å². The third kappa shape index (κ3) is 4.37. The van der Waals surface area contributed by atoms with Crippen molar-refractivity contribution < 1.29 is 4.79 Å². The highest BCUT2D eigenvalue weighted by atomic mass is 79.9. The van der Waals surface area contributed by atoms with Gasteiger partial charge in [0.05, 0.1) is 0 Å². The molecule has 3 nitrogen and oxygen atoms in total. The van der Waals surface area contributed by atoms with Crippen LogP contribution in [-0.2, 0) is 4.79 Å². The highest BCUT2D eigenvalue weighted by Gasteiger charge is 1.95. The van der Waals surface area contributed by atoms with E-state index in [0.717, 1.165) is 10.0 Å². The van der Waals surface area contributed by atoms with Gasteiger partial charge in [-0.05, 0) is 18.2 Å². The molecule has 0 fully saturated rings. The molecule has 0 aliphatic carbocycles. The summed E-state index contributed by atoms with van der Waals surface area (Å²) in [6.45, 7) is 2.05. The Balaban J connectivity index is 2.56. The Hall–Kier alpha value is -1.47. The predicted octanol–water partition coefficient (Wildman–Crippen LogP) is 1.91. The lowest BCUT2D eigenvalue weighted by Crippen LogP contribution is -2.20. The number of halogens is 1. The first-order valence-electron chi connectivity index (χ1n) is 4.88. The van der Waals surface area contributed by atoms with Gasteiger partial charge in [-0.1, -0.05) is 27.8 Å². The average molecular weight is 281 g/mol. The molecule has 0 heterocycles. The minimum atomic E-state index is -0.0382. The van der Waals surface area contributed by atoms with Gasteiger partial charge in [0, 0.05) is 35.6 Å². The number of amides is 1. The third-order valence-corrected chi connectivity index (χ3v) is 2.36. The van der Waals surface area contributed by atoms with Crippen LogP contribution >= 0.6 is 15.9 Å². The maximum absolute atomic E-state index is 10.6. The molecule has 0 spiro atoms. The Morgan fingerprint density at radius 1 is 1.56 bits per heavy atom. The number of carbonyl (C=O) groups is 1. The summed E-state index contributed by atoms with van der Waals surface area (Å²) in [5, 5.41) is 2.68. The molecule has 4 heteroatoms. The number of nitrogen functional groups attached to an aromatic ring is 1. The Labute approximate surface area is 104 Å². The topological polar surface area (TPSA) is 55.1 Å². The van der Waals surface area contributed by atoms with Gasteiger partial charge in [0.25, 0.3) is 0 Å². The fraction of sp³-hybridized carbons (Fsp3) is 0.250. The lowest BCUT2D eigenvalue weighted by atomic mass is 10.2. The van der Waals surface area contributed by atoms with Crippen LogP contribution in [0.4, 0.5) is 5.69 Å². The van der Waals surface area contributed by atoms with Crippen LogP contribution in [-0.4, -0.2) is 12.5 Å². The van der Waals surface area contributed by atoms with E-state index in [1.54, 1.807) is 0 Å². The highest BCUT2D eigenvalue weighted by molar-refractivity contribution is 9.10. The van der Waals surface area contributed by atoms with E-state index in [1.165, 1.54) is 6.92 Å². The number of nitrogens with two attached hydrogens (primary N) is 1. The zero-order chi connectivity index (χ0) is 12.0. The number of hydrogen-bond donors (Lipinski definition) is 2. The molecule has 0 radical (unpaired) electrons. The lowest BCUT2D eigenvalue weighted by Gasteiger charge is -1.98. The van der Waals surface area contributed by atoms with Gasteiger partial charge in [-0.2, -0.15) is 0 Å². The van der Waals surface area contributed by atoms with Crippen molar-refractivity contribution in [1.29, 1.82) is 0 Å². The Morgan fingerprint density at radius 3 is 3.00 bits per heavy atom. The number of nitrogens with one attached hydrogen (secondary N) is 1. The van der Waals surface area contributed by atoms with Crippen molar-refractivity contribution in [2.24, 2.45) is 0 Å². The molecule has 0 aromatic heterocycles. The van der Waals surface area contributed by atoms with Gasteiger partial charge < -0.3 is 11.1 Å². The molecule has 0 unspecified atom stereocenters. The van der Waals surface area contributed by atoms with Gasteiger partial charge in [0.15, 0.2) is 0 Å². The largest absolute Gasteiger partial charge is 0.398 e. The molecule has 0 saturated heterocycles. The minimum absolute atomic E-state index is 0.0382. The summed E-state index contributed by atoms with van der Waals surface area (Å²) >= 11 is 3.36. The van der Waals surface area contributed by atoms with Gasteiger partial charge in [0.1, 0.15) is 0 Å². The Kier molecular flexibility index (Phi) is 4.87. The molecule has 84 valence electrons. The summed E-state index contributed by atoms with van der Waals surface area (Å²) in [5.74, 6) is 5.89. The molecule has 0 bridgehead atoms. The first-order valence-corrected chi connectivity index (χ1v) is 5.67. The monoisotopic (exact) mass is 280 g/mol. The second kappa shape index (κ2) is 6.19. The van der Waals surface area contributed by atoms with E-state index in [9.17, 15) is 4.79 Å². The van der Waals surface area contributed by atoms with Crippen LogP contribution in [0.15, 0.2) is 22.7 Å². The molecule has 0 saturated carbocycles. The normalized spacial score (nSPS) is 9.12. The van der Waals surface area contributed by atoms with Crippen LogP contribution < -0.4 is 11.1 Å². The highest BCUT2D eigenvalue weighted by Crippen LogP contribution is 2.17. The summed E-state index contributed by atoms with van der Waals surface area (Å²) < 4.78 is 0.952. The standard InChI is InChI=1S/C12H13BrN2O/c1-9(16)15-7-3-2-4-10-8-11(13)5-6-12(10)14/h5-6,8H,3,7,14H2,1H3,(H,15,16). The van der Waals surface area contributed by atoms with E-state index in [-0.39, 0.29) is 5.91 Å². The van der Waals surface area contributed by atoms with Crippen LogP contribution in [0.5, 0.6) is 0 Å². The van der Waals surface area contributed by atoms with Crippen LogP contribution in [0.2, 0.25) is 0 Å². The molecule has 1 aromatic carbocycles. The maximum Gasteiger partial charge on any atom is 0.216 e. The average Bonchev–Trinajstić information content (AvgIpc) is 2.22. The van der Waals surface area contributed by atoms with E-state index in [4.69, 9.17) is 5.73 Å². The molecule has 3 N–H and O–H groups in total. The van der Waals surface area contributed by atoms with E-state index < -0.39 is 0 Å². The fourth-order valence-electron chi connectivity index (χ4n) is 1.10. The summed E-state index contributed by atoms with van der Waals surface area (Å²) in [4.78, 5) is 10.6. The van der Waals surface area contributed by atoms with Gasteiger partial charge in [-0.3, -0.25) is 4.79 Å². The van der Waals surface area contributed by atoms with Crippen molar-refractivity contribution in [3.63, 3.8) is 0 Å².